The smallest absolute Gasteiger partial charge is 0.137 e. The van der Waals surface area contributed by atoms with Crippen LogP contribution in [0.25, 0.3) is 33.2 Å². The van der Waals surface area contributed by atoms with E-state index >= 15 is 0 Å². The minimum Gasteiger partial charge on any atom is -0.354 e. The van der Waals surface area contributed by atoms with E-state index in [-0.39, 0.29) is 0 Å². The van der Waals surface area contributed by atoms with E-state index in [1.807, 2.05) is 36.7 Å². The SMILES string of the molecule is Clc1ccc2cc(-c3cnc4[nH]ccc4c3)[nH]c2c1. The number of fused-ring (bicyclic) bond motifs is 2. The normalized spacial score (nSPS) is 11.4. The number of pyridine rings is 1. The van der Waals surface area contributed by atoms with Crippen molar-refractivity contribution < 1.29 is 0 Å². The maximum atomic E-state index is 6.00. The van der Waals surface area contributed by atoms with E-state index < -0.39 is 0 Å². The average molecular weight is 268 g/mol. The van der Waals surface area contributed by atoms with Crippen LogP contribution in [0.5, 0.6) is 0 Å². The highest BCUT2D eigenvalue weighted by molar-refractivity contribution is 6.31. The van der Waals surface area contributed by atoms with Crippen molar-refractivity contribution in [2.24, 2.45) is 0 Å². The van der Waals surface area contributed by atoms with Crippen LogP contribution in [0.4, 0.5) is 0 Å². The van der Waals surface area contributed by atoms with Gasteiger partial charge < -0.3 is 9.97 Å². The fraction of sp³-hybridized carbons (Fsp3) is 0. The van der Waals surface area contributed by atoms with Gasteiger partial charge in [0.25, 0.3) is 0 Å². The molecule has 0 aliphatic carbocycles. The first kappa shape index (κ1) is 10.6. The molecule has 3 nitrogen and oxygen atoms in total. The number of hydrogen-bond acceptors (Lipinski definition) is 1. The molecular formula is C15H10ClN3. The Morgan fingerprint density at radius 3 is 2.89 bits per heavy atom. The number of nitrogens with one attached hydrogen (secondary N) is 2. The minimum atomic E-state index is 0.736. The molecule has 0 spiro atoms. The summed E-state index contributed by atoms with van der Waals surface area (Å²) in [6.07, 6.45) is 3.76. The number of rotatable bonds is 1. The van der Waals surface area contributed by atoms with Gasteiger partial charge in [0, 0.05) is 45.0 Å². The number of aromatic amines is 2. The van der Waals surface area contributed by atoms with Crippen molar-refractivity contribution in [3.05, 3.63) is 53.8 Å². The second kappa shape index (κ2) is 3.87. The van der Waals surface area contributed by atoms with Gasteiger partial charge in [0.05, 0.1) is 0 Å². The third kappa shape index (κ3) is 1.71. The van der Waals surface area contributed by atoms with E-state index in [1.54, 1.807) is 0 Å². The molecule has 0 atom stereocenters. The van der Waals surface area contributed by atoms with E-state index in [9.17, 15) is 0 Å². The van der Waals surface area contributed by atoms with Crippen LogP contribution < -0.4 is 0 Å². The van der Waals surface area contributed by atoms with Gasteiger partial charge in [-0.2, -0.15) is 0 Å². The minimum absolute atomic E-state index is 0.736. The van der Waals surface area contributed by atoms with Crippen LogP contribution in [0.2, 0.25) is 5.02 Å². The summed E-state index contributed by atoms with van der Waals surface area (Å²) in [6, 6.07) is 12.1. The molecule has 0 aliphatic rings. The number of benzene rings is 1. The van der Waals surface area contributed by atoms with E-state index in [4.69, 9.17) is 11.6 Å². The van der Waals surface area contributed by atoms with E-state index in [2.05, 4.69) is 27.1 Å². The van der Waals surface area contributed by atoms with Crippen molar-refractivity contribution in [3.63, 3.8) is 0 Å². The van der Waals surface area contributed by atoms with Gasteiger partial charge >= 0.3 is 0 Å². The zero-order chi connectivity index (χ0) is 12.8. The third-order valence-corrected chi connectivity index (χ3v) is 3.53. The number of halogens is 1. The van der Waals surface area contributed by atoms with Crippen molar-refractivity contribution >= 4 is 33.5 Å². The Morgan fingerprint density at radius 2 is 1.95 bits per heavy atom. The molecule has 0 saturated carbocycles. The van der Waals surface area contributed by atoms with Crippen molar-refractivity contribution in [1.29, 1.82) is 0 Å². The number of H-pyrrole nitrogens is 2. The molecule has 0 amide bonds. The molecular weight excluding hydrogens is 258 g/mol. The summed E-state index contributed by atoms with van der Waals surface area (Å²) < 4.78 is 0. The Kier molecular flexibility index (Phi) is 2.17. The highest BCUT2D eigenvalue weighted by Crippen LogP contribution is 2.27. The van der Waals surface area contributed by atoms with Gasteiger partial charge in [0.15, 0.2) is 0 Å². The Balaban J connectivity index is 1.92. The molecule has 4 aromatic rings. The zero-order valence-corrected chi connectivity index (χ0v) is 10.7. The quantitative estimate of drug-likeness (QED) is 0.529. The van der Waals surface area contributed by atoms with Crippen molar-refractivity contribution in [3.8, 4) is 11.3 Å². The number of nitrogens with zero attached hydrogens (tertiary/aromatic N) is 1. The van der Waals surface area contributed by atoms with Gasteiger partial charge in [0.2, 0.25) is 0 Å². The number of aromatic nitrogens is 3. The van der Waals surface area contributed by atoms with Crippen molar-refractivity contribution in [2.75, 3.05) is 0 Å². The average Bonchev–Trinajstić information content (AvgIpc) is 3.02. The third-order valence-electron chi connectivity index (χ3n) is 3.30. The summed E-state index contributed by atoms with van der Waals surface area (Å²) in [4.78, 5) is 10.9. The lowest BCUT2D eigenvalue weighted by Crippen LogP contribution is -1.81. The van der Waals surface area contributed by atoms with Gasteiger partial charge in [-0.1, -0.05) is 17.7 Å². The summed E-state index contributed by atoms with van der Waals surface area (Å²) in [7, 11) is 0. The molecule has 0 radical (unpaired) electrons. The summed E-state index contributed by atoms with van der Waals surface area (Å²) in [5.74, 6) is 0. The van der Waals surface area contributed by atoms with Crippen LogP contribution in [-0.2, 0) is 0 Å². The molecule has 1 aromatic carbocycles. The Hall–Kier alpha value is -2.26. The molecule has 2 N–H and O–H groups in total. The fourth-order valence-electron chi connectivity index (χ4n) is 2.34. The highest BCUT2D eigenvalue weighted by atomic mass is 35.5. The maximum absolute atomic E-state index is 6.00. The topological polar surface area (TPSA) is 44.5 Å². The summed E-state index contributed by atoms with van der Waals surface area (Å²) >= 11 is 6.00. The van der Waals surface area contributed by atoms with Gasteiger partial charge in [-0.25, -0.2) is 4.98 Å². The molecule has 0 unspecified atom stereocenters. The van der Waals surface area contributed by atoms with Gasteiger partial charge in [-0.05, 0) is 30.3 Å². The van der Waals surface area contributed by atoms with E-state index in [0.29, 0.717) is 0 Å². The lowest BCUT2D eigenvalue weighted by Gasteiger charge is -1.97. The second-order valence-corrected chi connectivity index (χ2v) is 4.99. The molecule has 3 aromatic heterocycles. The highest BCUT2D eigenvalue weighted by Gasteiger charge is 2.05. The molecule has 3 heterocycles. The Morgan fingerprint density at radius 1 is 1.00 bits per heavy atom. The summed E-state index contributed by atoms with van der Waals surface area (Å²) in [5, 5.41) is 2.99. The van der Waals surface area contributed by atoms with Crippen LogP contribution in [0.1, 0.15) is 0 Å². The maximum Gasteiger partial charge on any atom is 0.137 e. The molecule has 4 heteroatoms. The van der Waals surface area contributed by atoms with E-state index in [1.165, 1.54) is 0 Å². The lowest BCUT2D eigenvalue weighted by molar-refractivity contribution is 1.32. The van der Waals surface area contributed by atoms with Gasteiger partial charge in [0.1, 0.15) is 5.65 Å². The van der Waals surface area contributed by atoms with Crippen molar-refractivity contribution in [1.82, 2.24) is 15.0 Å². The molecule has 0 fully saturated rings. The van der Waals surface area contributed by atoms with Crippen molar-refractivity contribution in [2.45, 2.75) is 0 Å². The van der Waals surface area contributed by atoms with Crippen LogP contribution in [-0.4, -0.2) is 15.0 Å². The first-order valence-electron chi connectivity index (χ1n) is 6.01. The van der Waals surface area contributed by atoms with Gasteiger partial charge in [-0.15, -0.1) is 0 Å². The standard InChI is InChI=1S/C15H10ClN3/c16-12-2-1-9-6-13(19-14(9)7-12)11-5-10-3-4-17-15(10)18-8-11/h1-8,19H,(H,17,18). The largest absolute Gasteiger partial charge is 0.354 e. The summed E-state index contributed by atoms with van der Waals surface area (Å²) in [6.45, 7) is 0. The first-order valence-corrected chi connectivity index (χ1v) is 6.39. The molecule has 0 aliphatic heterocycles. The molecule has 0 bridgehead atoms. The molecule has 92 valence electrons. The second-order valence-electron chi connectivity index (χ2n) is 4.55. The Labute approximate surface area is 114 Å². The lowest BCUT2D eigenvalue weighted by atomic mass is 10.1. The number of hydrogen-bond donors (Lipinski definition) is 2. The molecule has 0 saturated heterocycles. The first-order chi connectivity index (χ1) is 9.29. The molecule has 19 heavy (non-hydrogen) atoms. The van der Waals surface area contributed by atoms with E-state index in [0.717, 1.165) is 38.2 Å². The molecule has 4 rings (SSSR count). The monoisotopic (exact) mass is 267 g/mol. The predicted molar refractivity (Wildman–Crippen MR) is 78.4 cm³/mol. The van der Waals surface area contributed by atoms with Gasteiger partial charge in [-0.3, -0.25) is 0 Å². The van der Waals surface area contributed by atoms with Crippen LogP contribution in [0.15, 0.2) is 48.8 Å². The van der Waals surface area contributed by atoms with Crippen LogP contribution in [0.3, 0.4) is 0 Å². The zero-order valence-electron chi connectivity index (χ0n) is 9.94. The van der Waals surface area contributed by atoms with Crippen LogP contribution >= 0.6 is 11.6 Å². The van der Waals surface area contributed by atoms with Crippen LogP contribution in [0, 0.1) is 0 Å². The summed E-state index contributed by atoms with van der Waals surface area (Å²) in [5.41, 5.74) is 4.06. The fourth-order valence-corrected chi connectivity index (χ4v) is 2.51. The predicted octanol–water partition coefficient (Wildman–Crippen LogP) is 4.36. The Bertz CT molecular complexity index is 889.